The highest BCUT2D eigenvalue weighted by Gasteiger charge is 2.15. The van der Waals surface area contributed by atoms with Crippen molar-refractivity contribution < 1.29 is 0 Å². The number of likely N-dealkylation sites (tertiary alicyclic amines) is 1. The van der Waals surface area contributed by atoms with E-state index in [2.05, 4.69) is 56.1 Å². The third-order valence-electron chi connectivity index (χ3n) is 4.05. The maximum Gasteiger partial charge on any atom is 0.0678 e. The van der Waals surface area contributed by atoms with E-state index in [9.17, 15) is 0 Å². The summed E-state index contributed by atoms with van der Waals surface area (Å²) in [5.74, 6) is 1.14. The van der Waals surface area contributed by atoms with Crippen LogP contribution in [0.1, 0.15) is 63.5 Å². The molecule has 0 amide bonds. The molecule has 1 fully saturated rings. The number of nitrogens with zero attached hydrogens (tertiary/aromatic N) is 1. The highest BCUT2D eigenvalue weighted by Crippen LogP contribution is 2.32. The average Bonchev–Trinajstić information content (AvgIpc) is 2.88. The molecule has 1 heterocycles. The first-order valence-electron chi connectivity index (χ1n) is 7.68. The van der Waals surface area contributed by atoms with Gasteiger partial charge < -0.3 is 5.32 Å². The van der Waals surface area contributed by atoms with Crippen molar-refractivity contribution in [3.8, 4) is 0 Å². The van der Waals surface area contributed by atoms with E-state index in [1.807, 2.05) is 0 Å². The number of hydrogen-bond acceptors (Lipinski definition) is 2. The number of nitrogens with one attached hydrogen (secondary N) is 1. The van der Waals surface area contributed by atoms with Gasteiger partial charge >= 0.3 is 0 Å². The van der Waals surface area contributed by atoms with E-state index in [0.717, 1.165) is 6.67 Å². The first kappa shape index (κ1) is 14.4. The molecule has 1 aromatic carbocycles. The molecular weight excluding hydrogens is 232 g/mol. The molecule has 1 N–H and O–H groups in total. The van der Waals surface area contributed by atoms with E-state index in [1.165, 1.54) is 42.7 Å². The summed E-state index contributed by atoms with van der Waals surface area (Å²) in [6.45, 7) is 12.6. The molecule has 0 radical (unpaired) electrons. The minimum atomic E-state index is 0.569. The summed E-state index contributed by atoms with van der Waals surface area (Å²) in [5, 5.41) is 3.71. The number of benzene rings is 1. The Morgan fingerprint density at radius 1 is 1.00 bits per heavy atom. The zero-order chi connectivity index (χ0) is 13.8. The molecule has 0 spiro atoms. The Labute approximate surface area is 118 Å². The summed E-state index contributed by atoms with van der Waals surface area (Å²) in [7, 11) is 0. The van der Waals surface area contributed by atoms with E-state index in [4.69, 9.17) is 0 Å². The summed E-state index contributed by atoms with van der Waals surface area (Å²) in [4.78, 5) is 2.52. The second-order valence-electron chi connectivity index (χ2n) is 6.28. The van der Waals surface area contributed by atoms with Crippen LogP contribution in [0.25, 0.3) is 0 Å². The fraction of sp³-hybridized carbons (Fsp3) is 0.647. The monoisotopic (exact) mass is 260 g/mol. The van der Waals surface area contributed by atoms with E-state index in [1.54, 1.807) is 0 Å². The summed E-state index contributed by atoms with van der Waals surface area (Å²) in [5.41, 5.74) is 4.27. The third kappa shape index (κ3) is 3.50. The van der Waals surface area contributed by atoms with Crippen LogP contribution in [0, 0.1) is 0 Å². The van der Waals surface area contributed by atoms with Gasteiger partial charge in [0.25, 0.3) is 0 Å². The summed E-state index contributed by atoms with van der Waals surface area (Å²) < 4.78 is 0. The van der Waals surface area contributed by atoms with Crippen molar-refractivity contribution in [3.05, 3.63) is 29.3 Å². The highest BCUT2D eigenvalue weighted by molar-refractivity contribution is 5.60. The van der Waals surface area contributed by atoms with Crippen molar-refractivity contribution in [2.45, 2.75) is 52.4 Å². The molecule has 2 heteroatoms. The van der Waals surface area contributed by atoms with Gasteiger partial charge in [-0.15, -0.1) is 0 Å². The van der Waals surface area contributed by atoms with Crippen LogP contribution in [0.15, 0.2) is 18.2 Å². The Kier molecular flexibility index (Phi) is 4.87. The van der Waals surface area contributed by atoms with Crippen LogP contribution in [-0.4, -0.2) is 24.7 Å². The predicted octanol–water partition coefficient (Wildman–Crippen LogP) is 4.40. The molecule has 1 aliphatic heterocycles. The number of anilines is 1. The molecule has 0 saturated carbocycles. The molecule has 0 aromatic heterocycles. The molecule has 2 nitrogen and oxygen atoms in total. The maximum atomic E-state index is 3.71. The van der Waals surface area contributed by atoms with Crippen LogP contribution in [0.4, 0.5) is 5.69 Å². The number of rotatable bonds is 5. The van der Waals surface area contributed by atoms with Crippen molar-refractivity contribution in [3.63, 3.8) is 0 Å². The molecule has 2 rings (SSSR count). The van der Waals surface area contributed by atoms with Gasteiger partial charge in [-0.05, 0) is 48.9 Å². The lowest BCUT2D eigenvalue weighted by molar-refractivity contribution is 0.364. The minimum Gasteiger partial charge on any atom is -0.372 e. The van der Waals surface area contributed by atoms with E-state index < -0.39 is 0 Å². The van der Waals surface area contributed by atoms with E-state index >= 15 is 0 Å². The van der Waals surface area contributed by atoms with Crippen LogP contribution in [0.3, 0.4) is 0 Å². The van der Waals surface area contributed by atoms with Gasteiger partial charge in [0, 0.05) is 5.69 Å². The fourth-order valence-electron chi connectivity index (χ4n) is 2.89. The third-order valence-corrected chi connectivity index (χ3v) is 4.05. The van der Waals surface area contributed by atoms with Crippen molar-refractivity contribution in [1.82, 2.24) is 4.90 Å². The first-order valence-corrected chi connectivity index (χ1v) is 7.68. The quantitative estimate of drug-likeness (QED) is 0.844. The van der Waals surface area contributed by atoms with Crippen molar-refractivity contribution in [2.75, 3.05) is 25.1 Å². The Balaban J connectivity index is 2.19. The molecular formula is C17H28N2. The zero-order valence-corrected chi connectivity index (χ0v) is 12.9. The highest BCUT2D eigenvalue weighted by atomic mass is 15.2. The van der Waals surface area contributed by atoms with Crippen LogP contribution >= 0.6 is 0 Å². The Hall–Kier alpha value is -1.02. The van der Waals surface area contributed by atoms with Crippen LogP contribution in [0.5, 0.6) is 0 Å². The molecule has 19 heavy (non-hydrogen) atoms. The van der Waals surface area contributed by atoms with Crippen LogP contribution < -0.4 is 5.32 Å². The molecule has 0 bridgehead atoms. The van der Waals surface area contributed by atoms with E-state index in [-0.39, 0.29) is 0 Å². The largest absolute Gasteiger partial charge is 0.372 e. The lowest BCUT2D eigenvalue weighted by Crippen LogP contribution is -2.27. The van der Waals surface area contributed by atoms with Crippen molar-refractivity contribution >= 4 is 5.69 Å². The second-order valence-corrected chi connectivity index (χ2v) is 6.28. The Morgan fingerprint density at radius 3 is 2.00 bits per heavy atom. The maximum absolute atomic E-state index is 3.71. The fourth-order valence-corrected chi connectivity index (χ4v) is 2.89. The van der Waals surface area contributed by atoms with Gasteiger partial charge in [-0.3, -0.25) is 4.90 Å². The SMILES string of the molecule is CC(C)c1cccc(C(C)C)c1NCN1CCCC1. The van der Waals surface area contributed by atoms with Crippen molar-refractivity contribution in [2.24, 2.45) is 0 Å². The minimum absolute atomic E-state index is 0.569. The van der Waals surface area contributed by atoms with Gasteiger partial charge in [0.15, 0.2) is 0 Å². The standard InChI is InChI=1S/C17H28N2/c1-13(2)15-8-7-9-16(14(3)4)17(15)18-12-19-10-5-6-11-19/h7-9,13-14,18H,5-6,10-12H2,1-4H3. The van der Waals surface area contributed by atoms with Gasteiger partial charge in [-0.25, -0.2) is 0 Å². The van der Waals surface area contributed by atoms with E-state index in [0.29, 0.717) is 11.8 Å². The van der Waals surface area contributed by atoms with Gasteiger partial charge in [0.05, 0.1) is 6.67 Å². The van der Waals surface area contributed by atoms with Gasteiger partial charge in [-0.2, -0.15) is 0 Å². The molecule has 1 saturated heterocycles. The topological polar surface area (TPSA) is 15.3 Å². The Morgan fingerprint density at radius 2 is 1.53 bits per heavy atom. The first-order chi connectivity index (χ1) is 9.09. The zero-order valence-electron chi connectivity index (χ0n) is 12.9. The molecule has 0 atom stereocenters. The molecule has 1 aromatic rings. The van der Waals surface area contributed by atoms with Gasteiger partial charge in [0.2, 0.25) is 0 Å². The summed E-state index contributed by atoms with van der Waals surface area (Å²) in [6, 6.07) is 6.73. The molecule has 0 aliphatic carbocycles. The smallest absolute Gasteiger partial charge is 0.0678 e. The second kappa shape index (κ2) is 6.42. The Bertz CT molecular complexity index is 377. The number of hydrogen-bond donors (Lipinski definition) is 1. The lowest BCUT2D eigenvalue weighted by Gasteiger charge is -2.23. The molecule has 106 valence electrons. The summed E-state index contributed by atoms with van der Waals surface area (Å²) in [6.07, 6.45) is 2.70. The van der Waals surface area contributed by atoms with Crippen LogP contribution in [0.2, 0.25) is 0 Å². The summed E-state index contributed by atoms with van der Waals surface area (Å²) >= 11 is 0. The van der Waals surface area contributed by atoms with Crippen LogP contribution in [-0.2, 0) is 0 Å². The molecule has 0 unspecified atom stereocenters. The van der Waals surface area contributed by atoms with Crippen molar-refractivity contribution in [1.29, 1.82) is 0 Å². The average molecular weight is 260 g/mol. The van der Waals surface area contributed by atoms with Gasteiger partial charge in [0.1, 0.15) is 0 Å². The predicted molar refractivity (Wildman–Crippen MR) is 83.9 cm³/mol. The van der Waals surface area contributed by atoms with Gasteiger partial charge in [-0.1, -0.05) is 45.9 Å². The normalized spacial score (nSPS) is 16.5. The lowest BCUT2D eigenvalue weighted by atomic mass is 9.93. The molecule has 1 aliphatic rings. The number of para-hydroxylation sites is 1.